The van der Waals surface area contributed by atoms with Gasteiger partial charge < -0.3 is 26.2 Å². The van der Waals surface area contributed by atoms with Crippen LogP contribution in [0.15, 0.2) is 29.2 Å². The van der Waals surface area contributed by atoms with Gasteiger partial charge in [0.1, 0.15) is 18.0 Å². The van der Waals surface area contributed by atoms with E-state index in [0.717, 1.165) is 93.3 Å². The van der Waals surface area contributed by atoms with E-state index in [9.17, 15) is 24.9 Å². The Hall–Kier alpha value is -2.47. The van der Waals surface area contributed by atoms with Gasteiger partial charge in [-0.25, -0.2) is 9.63 Å². The van der Waals surface area contributed by atoms with E-state index in [2.05, 4.69) is 17.1 Å². The third-order valence-corrected chi connectivity index (χ3v) is 6.55. The van der Waals surface area contributed by atoms with E-state index < -0.39 is 36.2 Å². The Morgan fingerprint density at radius 3 is 2.16 bits per heavy atom. The first-order chi connectivity index (χ1) is 17.8. The van der Waals surface area contributed by atoms with Crippen molar-refractivity contribution >= 4 is 11.8 Å². The number of hydrogen-bond acceptors (Lipinski definition) is 9. The zero-order valence-corrected chi connectivity index (χ0v) is 21.7. The van der Waals surface area contributed by atoms with E-state index in [1.807, 2.05) is 0 Å². The number of nitrogens with two attached hydrogens (primary N) is 1. The van der Waals surface area contributed by atoms with Crippen LogP contribution in [0.2, 0.25) is 0 Å². The van der Waals surface area contributed by atoms with Crippen molar-refractivity contribution in [3.8, 4) is 0 Å². The number of aliphatic hydroxyl groups excluding tert-OH is 3. The van der Waals surface area contributed by atoms with Gasteiger partial charge >= 0.3 is 11.7 Å². The number of aliphatic hydroxyl groups is 3. The molecule has 6 N–H and O–H groups in total. The summed E-state index contributed by atoms with van der Waals surface area (Å²) in [5, 5.41) is 40.4. The van der Waals surface area contributed by atoms with Crippen LogP contribution in [-0.2, 0) is 9.63 Å². The molecule has 11 nitrogen and oxygen atoms in total. The molecular weight excluding hydrogens is 480 g/mol. The van der Waals surface area contributed by atoms with Gasteiger partial charge in [-0.3, -0.25) is 4.79 Å². The van der Waals surface area contributed by atoms with Crippen LogP contribution in [0.3, 0.4) is 0 Å². The third kappa shape index (κ3) is 11.2. The van der Waals surface area contributed by atoms with Crippen molar-refractivity contribution in [2.24, 2.45) is 0 Å². The highest BCUT2D eigenvalue weighted by atomic mass is 16.8. The Morgan fingerprint density at radius 1 is 1.00 bits per heavy atom. The van der Waals surface area contributed by atoms with E-state index in [1.54, 1.807) is 0 Å². The van der Waals surface area contributed by atoms with Gasteiger partial charge in [-0.15, -0.1) is 0 Å². The molecular formula is C26H44N4O7. The van der Waals surface area contributed by atoms with Crippen LogP contribution >= 0.6 is 0 Å². The largest absolute Gasteiger partial charge is 0.481 e. The van der Waals surface area contributed by atoms with Gasteiger partial charge in [0, 0.05) is 12.6 Å². The monoisotopic (exact) mass is 524 g/mol. The average molecular weight is 525 g/mol. The predicted octanol–water partition coefficient (Wildman–Crippen LogP) is 2.61. The van der Waals surface area contributed by atoms with E-state index in [-0.39, 0.29) is 12.2 Å². The topological polar surface area (TPSA) is 171 Å². The first-order valence-electron chi connectivity index (χ1n) is 13.5. The van der Waals surface area contributed by atoms with Gasteiger partial charge in [0.05, 0.1) is 6.10 Å². The number of allylic oxidation sites excluding steroid dienone is 2. The number of rotatable bonds is 19. The molecule has 1 aliphatic rings. The van der Waals surface area contributed by atoms with Gasteiger partial charge in [0.25, 0.3) is 0 Å². The second-order valence-corrected chi connectivity index (χ2v) is 9.69. The smallest absolute Gasteiger partial charge is 0.370 e. The minimum atomic E-state index is -1.52. The van der Waals surface area contributed by atoms with E-state index in [1.165, 1.54) is 12.3 Å². The quantitative estimate of drug-likeness (QED) is 0.134. The SMILES string of the molecule is Nc1ccn(N2O[C@H](C(O)CCCCCCCCC=CCCCCCCCC(=O)O)[C@@H](O)[C@H]2O)c(=O)n1. The lowest BCUT2D eigenvalue weighted by molar-refractivity contribution is -0.137. The van der Waals surface area contributed by atoms with E-state index in [0.29, 0.717) is 6.42 Å². The molecule has 1 unspecified atom stereocenters. The lowest BCUT2D eigenvalue weighted by Crippen LogP contribution is -2.47. The fourth-order valence-electron chi connectivity index (χ4n) is 4.38. The van der Waals surface area contributed by atoms with Crippen molar-refractivity contribution in [1.29, 1.82) is 0 Å². The van der Waals surface area contributed by atoms with Gasteiger partial charge in [-0.05, 0) is 44.6 Å². The number of carbonyl (C=O) groups is 1. The molecule has 4 atom stereocenters. The van der Waals surface area contributed by atoms with E-state index >= 15 is 0 Å². The summed E-state index contributed by atoms with van der Waals surface area (Å²) in [7, 11) is 0. The minimum Gasteiger partial charge on any atom is -0.481 e. The maximum absolute atomic E-state index is 12.0. The van der Waals surface area contributed by atoms with Crippen LogP contribution in [0, 0.1) is 0 Å². The molecule has 1 aromatic rings. The number of anilines is 1. The van der Waals surface area contributed by atoms with Crippen molar-refractivity contribution in [3.05, 3.63) is 34.9 Å². The normalized spacial score (nSPS) is 20.6. The fraction of sp³-hybridized carbons (Fsp3) is 0.731. The Labute approximate surface area is 218 Å². The number of nitrogens with zero attached hydrogens (tertiary/aromatic N) is 3. The summed E-state index contributed by atoms with van der Waals surface area (Å²) in [6.45, 7) is 0. The number of carboxylic acids is 1. The van der Waals surface area contributed by atoms with Crippen molar-refractivity contribution in [2.75, 3.05) is 10.9 Å². The Balaban J connectivity index is 1.48. The number of hydroxylamine groups is 1. The minimum absolute atomic E-state index is 0.0262. The number of unbranched alkanes of at least 4 members (excludes halogenated alkanes) is 11. The van der Waals surface area contributed by atoms with Crippen molar-refractivity contribution < 1.29 is 30.1 Å². The second kappa shape index (κ2) is 17.1. The highest BCUT2D eigenvalue weighted by Gasteiger charge is 2.46. The molecule has 1 fully saturated rings. The molecule has 0 aliphatic carbocycles. The van der Waals surface area contributed by atoms with Crippen molar-refractivity contribution in [2.45, 2.75) is 121 Å². The predicted molar refractivity (Wildman–Crippen MR) is 140 cm³/mol. The number of aromatic nitrogens is 2. The molecule has 0 spiro atoms. The molecule has 11 heteroatoms. The van der Waals surface area contributed by atoms with Gasteiger partial charge in [-0.1, -0.05) is 63.5 Å². The summed E-state index contributed by atoms with van der Waals surface area (Å²) in [5.74, 6) is -0.682. The summed E-state index contributed by atoms with van der Waals surface area (Å²) in [5.41, 5.74) is 4.71. The van der Waals surface area contributed by atoms with Gasteiger partial charge in [0.15, 0.2) is 6.23 Å². The van der Waals surface area contributed by atoms with Crippen molar-refractivity contribution in [3.63, 3.8) is 0 Å². The molecule has 210 valence electrons. The Kier molecular flexibility index (Phi) is 14.2. The molecule has 2 heterocycles. The Morgan fingerprint density at radius 2 is 1.57 bits per heavy atom. The maximum Gasteiger partial charge on any atom is 0.370 e. The molecule has 0 bridgehead atoms. The number of nitrogen functional groups attached to an aromatic ring is 1. The van der Waals surface area contributed by atoms with Crippen LogP contribution < -0.4 is 16.6 Å². The highest BCUT2D eigenvalue weighted by Crippen LogP contribution is 2.24. The van der Waals surface area contributed by atoms with E-state index in [4.69, 9.17) is 15.7 Å². The molecule has 0 amide bonds. The number of aliphatic carboxylic acids is 1. The Bertz CT molecular complexity index is 879. The molecule has 2 rings (SSSR count). The maximum atomic E-state index is 12.0. The van der Waals surface area contributed by atoms with Gasteiger partial charge in [-0.2, -0.15) is 14.8 Å². The zero-order chi connectivity index (χ0) is 27.0. The standard InChI is InChI=1S/C26H44N4O7/c27-21-18-19-29(26(36)28-21)30-25(35)23(34)24(37-30)20(31)16-14-12-10-8-6-4-2-1-3-5-7-9-11-13-15-17-22(32)33/h1,3,18-20,23-25,31,34-35H,2,4-17H2,(H,32,33)(H2,27,28,36)/t20?,23-,24-,25-/m1/s1. The van der Waals surface area contributed by atoms with Crippen LogP contribution in [-0.4, -0.2) is 60.6 Å². The second-order valence-electron chi connectivity index (χ2n) is 9.69. The molecule has 0 radical (unpaired) electrons. The summed E-state index contributed by atoms with van der Waals surface area (Å²) < 4.78 is 0.902. The van der Waals surface area contributed by atoms with Gasteiger partial charge in [0.2, 0.25) is 0 Å². The first-order valence-corrected chi connectivity index (χ1v) is 13.5. The van der Waals surface area contributed by atoms with Crippen LogP contribution in [0.1, 0.15) is 96.3 Å². The van der Waals surface area contributed by atoms with Crippen molar-refractivity contribution in [1.82, 2.24) is 9.66 Å². The highest BCUT2D eigenvalue weighted by molar-refractivity contribution is 5.66. The summed E-state index contributed by atoms with van der Waals surface area (Å²) in [4.78, 5) is 31.5. The summed E-state index contributed by atoms with van der Waals surface area (Å²) in [6.07, 6.45) is 15.1. The first kappa shape index (κ1) is 30.8. The third-order valence-electron chi connectivity index (χ3n) is 6.55. The van der Waals surface area contributed by atoms with Crippen LogP contribution in [0.4, 0.5) is 5.82 Å². The summed E-state index contributed by atoms with van der Waals surface area (Å²) in [6, 6.07) is 1.36. The lowest BCUT2D eigenvalue weighted by atomic mass is 10.0. The summed E-state index contributed by atoms with van der Waals surface area (Å²) >= 11 is 0. The lowest BCUT2D eigenvalue weighted by Gasteiger charge is -2.22. The molecule has 1 aliphatic heterocycles. The van der Waals surface area contributed by atoms with Crippen LogP contribution in [0.5, 0.6) is 0 Å². The fourth-order valence-corrected chi connectivity index (χ4v) is 4.38. The molecule has 0 saturated carbocycles. The van der Waals surface area contributed by atoms with Crippen LogP contribution in [0.25, 0.3) is 0 Å². The number of hydrogen-bond donors (Lipinski definition) is 5. The average Bonchev–Trinajstić information content (AvgIpc) is 3.15. The molecule has 0 aromatic carbocycles. The zero-order valence-electron chi connectivity index (χ0n) is 21.7. The molecule has 37 heavy (non-hydrogen) atoms. The molecule has 1 aromatic heterocycles. The molecule has 1 saturated heterocycles. The number of carboxylic acid groups (broad SMARTS) is 1.